The Hall–Kier alpha value is -1.92. The molecule has 7 heteroatoms. The molecule has 0 aliphatic carbocycles. The van der Waals surface area contributed by atoms with Gasteiger partial charge in [-0.05, 0) is 6.07 Å². The van der Waals surface area contributed by atoms with Gasteiger partial charge in [0.25, 0.3) is 0 Å². The van der Waals surface area contributed by atoms with Crippen molar-refractivity contribution in [2.45, 2.75) is 13.1 Å². The van der Waals surface area contributed by atoms with Gasteiger partial charge in [-0.2, -0.15) is 18.3 Å². The van der Waals surface area contributed by atoms with Gasteiger partial charge in [0.05, 0.1) is 0 Å². The molecule has 0 aliphatic heterocycles. The maximum Gasteiger partial charge on any atom is 0.433 e. The zero-order valence-corrected chi connectivity index (χ0v) is 8.12. The summed E-state index contributed by atoms with van der Waals surface area (Å²) in [6.45, 7) is 1.23. The number of Topliss-reactive ketones (excluding diaryl/α,β-unsaturated/α-hetero) is 1. The average molecular weight is 229 g/mol. The molecule has 2 aromatic heterocycles. The van der Waals surface area contributed by atoms with Crippen molar-refractivity contribution in [2.75, 3.05) is 0 Å². The van der Waals surface area contributed by atoms with Crippen LogP contribution in [0.25, 0.3) is 5.65 Å². The first-order valence-corrected chi connectivity index (χ1v) is 4.32. The second kappa shape index (κ2) is 3.29. The highest BCUT2D eigenvalue weighted by Gasteiger charge is 2.34. The second-order valence-electron chi connectivity index (χ2n) is 3.18. The highest BCUT2D eigenvalue weighted by Crippen LogP contribution is 2.28. The Kier molecular flexibility index (Phi) is 2.18. The van der Waals surface area contributed by atoms with E-state index in [-0.39, 0.29) is 11.3 Å². The molecule has 16 heavy (non-hydrogen) atoms. The van der Waals surface area contributed by atoms with Gasteiger partial charge in [-0.15, -0.1) is 0 Å². The Morgan fingerprint density at radius 1 is 1.44 bits per heavy atom. The van der Waals surface area contributed by atoms with Crippen LogP contribution in [0.1, 0.15) is 23.1 Å². The summed E-state index contributed by atoms with van der Waals surface area (Å²) in [5.74, 6) is -0.404. The summed E-state index contributed by atoms with van der Waals surface area (Å²) >= 11 is 0. The Balaban J connectivity index is 2.73. The van der Waals surface area contributed by atoms with Crippen molar-refractivity contribution in [3.63, 3.8) is 0 Å². The lowest BCUT2D eigenvalue weighted by atomic mass is 10.3. The van der Waals surface area contributed by atoms with E-state index < -0.39 is 17.7 Å². The zero-order chi connectivity index (χ0) is 11.9. The number of fused-ring (bicyclic) bond motifs is 1. The summed E-state index contributed by atoms with van der Waals surface area (Å²) in [7, 11) is 0. The highest BCUT2D eigenvalue weighted by atomic mass is 19.4. The third kappa shape index (κ3) is 1.64. The Morgan fingerprint density at radius 2 is 2.12 bits per heavy atom. The molecule has 2 heterocycles. The number of aromatic nitrogens is 3. The molecule has 0 radical (unpaired) electrons. The van der Waals surface area contributed by atoms with E-state index in [1.165, 1.54) is 13.0 Å². The molecule has 4 nitrogen and oxygen atoms in total. The maximum atomic E-state index is 12.6. The van der Waals surface area contributed by atoms with Crippen LogP contribution in [0.2, 0.25) is 0 Å². The predicted octanol–water partition coefficient (Wildman–Crippen LogP) is 1.95. The quantitative estimate of drug-likeness (QED) is 0.702. The van der Waals surface area contributed by atoms with Crippen LogP contribution >= 0.6 is 0 Å². The van der Waals surface area contributed by atoms with Crippen molar-refractivity contribution < 1.29 is 18.0 Å². The molecule has 2 rings (SSSR count). The Bertz CT molecular complexity index is 559. The van der Waals surface area contributed by atoms with Crippen LogP contribution in [-0.2, 0) is 6.18 Å². The van der Waals surface area contributed by atoms with Gasteiger partial charge in [0.15, 0.2) is 11.4 Å². The van der Waals surface area contributed by atoms with Crippen molar-refractivity contribution in [3.8, 4) is 0 Å². The zero-order valence-electron chi connectivity index (χ0n) is 8.12. The molecule has 0 aliphatic rings. The summed E-state index contributed by atoms with van der Waals surface area (Å²) in [5.41, 5.74) is -0.991. The first-order valence-electron chi connectivity index (χ1n) is 4.32. The fraction of sp³-hybridized carbons (Fsp3) is 0.222. The minimum Gasteiger partial charge on any atom is -0.293 e. The molecule has 0 atom stereocenters. The topological polar surface area (TPSA) is 47.3 Å². The third-order valence-electron chi connectivity index (χ3n) is 2.01. The highest BCUT2D eigenvalue weighted by molar-refractivity contribution is 5.93. The van der Waals surface area contributed by atoms with Gasteiger partial charge >= 0.3 is 6.18 Å². The summed E-state index contributed by atoms with van der Waals surface area (Å²) in [6, 6.07) is 2.03. The van der Waals surface area contributed by atoms with Gasteiger partial charge in [-0.3, -0.25) is 4.79 Å². The van der Waals surface area contributed by atoms with E-state index >= 15 is 0 Å². The van der Waals surface area contributed by atoms with Gasteiger partial charge in [-0.25, -0.2) is 9.50 Å². The van der Waals surface area contributed by atoms with Crippen molar-refractivity contribution in [1.29, 1.82) is 0 Å². The van der Waals surface area contributed by atoms with Gasteiger partial charge in [-0.1, -0.05) is 0 Å². The van der Waals surface area contributed by atoms with Crippen LogP contribution in [0, 0.1) is 0 Å². The van der Waals surface area contributed by atoms with Crippen molar-refractivity contribution in [3.05, 3.63) is 29.7 Å². The van der Waals surface area contributed by atoms with Crippen molar-refractivity contribution >= 4 is 11.4 Å². The number of hydrogen-bond donors (Lipinski definition) is 0. The number of halogens is 3. The smallest absolute Gasteiger partial charge is 0.293 e. The number of carbonyl (C=O) groups excluding carboxylic acids is 1. The molecule has 0 spiro atoms. The SMILES string of the molecule is CC(=O)c1cc2nccc(C(F)(F)F)n2n1. The number of alkyl halides is 3. The van der Waals surface area contributed by atoms with Crippen molar-refractivity contribution in [2.24, 2.45) is 0 Å². The fourth-order valence-electron chi connectivity index (χ4n) is 1.28. The second-order valence-corrected chi connectivity index (χ2v) is 3.18. The van der Waals surface area contributed by atoms with E-state index in [2.05, 4.69) is 10.1 Å². The number of ketones is 1. The molecule has 0 aromatic carbocycles. The molecule has 2 aromatic rings. The van der Waals surface area contributed by atoms with Crippen LogP contribution in [0.3, 0.4) is 0 Å². The van der Waals surface area contributed by atoms with Crippen LogP contribution in [0.5, 0.6) is 0 Å². The van der Waals surface area contributed by atoms with E-state index in [4.69, 9.17) is 0 Å². The van der Waals surface area contributed by atoms with Crippen LogP contribution in [-0.4, -0.2) is 20.4 Å². The van der Waals surface area contributed by atoms with E-state index in [0.29, 0.717) is 4.52 Å². The molecular weight excluding hydrogens is 223 g/mol. The van der Waals surface area contributed by atoms with Crippen molar-refractivity contribution in [1.82, 2.24) is 14.6 Å². The molecule has 0 amide bonds. The van der Waals surface area contributed by atoms with E-state index in [1.54, 1.807) is 0 Å². The number of nitrogens with zero attached hydrogens (tertiary/aromatic N) is 3. The first kappa shape index (κ1) is 10.6. The standard InChI is InChI=1S/C9H6F3N3O/c1-5(16)6-4-8-13-3-2-7(9(10,11)12)15(8)14-6/h2-4H,1H3. The largest absolute Gasteiger partial charge is 0.433 e. The van der Waals surface area contributed by atoms with E-state index in [9.17, 15) is 18.0 Å². The summed E-state index contributed by atoms with van der Waals surface area (Å²) < 4.78 is 38.3. The van der Waals surface area contributed by atoms with Crippen LogP contribution in [0.4, 0.5) is 13.2 Å². The first-order chi connectivity index (χ1) is 7.39. The maximum absolute atomic E-state index is 12.6. The molecular formula is C9H6F3N3O. The van der Waals surface area contributed by atoms with Gasteiger partial charge in [0.1, 0.15) is 11.4 Å². The van der Waals surface area contributed by atoms with E-state index in [1.807, 2.05) is 0 Å². The van der Waals surface area contributed by atoms with Gasteiger partial charge in [0, 0.05) is 19.2 Å². The van der Waals surface area contributed by atoms with Gasteiger partial charge < -0.3 is 0 Å². The Labute approximate surface area is 87.7 Å². The number of carbonyl (C=O) groups is 1. The molecule has 0 saturated heterocycles. The summed E-state index contributed by atoms with van der Waals surface area (Å²) in [4.78, 5) is 14.7. The lowest BCUT2D eigenvalue weighted by molar-refractivity contribution is -0.142. The number of rotatable bonds is 1. The number of hydrogen-bond acceptors (Lipinski definition) is 3. The molecule has 0 unspecified atom stereocenters. The normalized spacial score (nSPS) is 12.0. The summed E-state index contributed by atoms with van der Waals surface area (Å²) in [6.07, 6.45) is -3.50. The molecule has 0 fully saturated rings. The molecule has 84 valence electrons. The monoisotopic (exact) mass is 229 g/mol. The van der Waals surface area contributed by atoms with Crippen LogP contribution < -0.4 is 0 Å². The summed E-state index contributed by atoms with van der Waals surface area (Å²) in [5, 5.41) is 3.56. The molecule has 0 N–H and O–H groups in total. The fourth-order valence-corrected chi connectivity index (χ4v) is 1.28. The minimum atomic E-state index is -4.53. The third-order valence-corrected chi connectivity index (χ3v) is 2.01. The lowest BCUT2D eigenvalue weighted by Crippen LogP contribution is -2.13. The minimum absolute atomic E-state index is 0.0000231. The van der Waals surface area contributed by atoms with Gasteiger partial charge in [0.2, 0.25) is 0 Å². The average Bonchev–Trinajstić information content (AvgIpc) is 2.58. The Morgan fingerprint density at radius 3 is 2.69 bits per heavy atom. The molecule has 0 saturated carbocycles. The lowest BCUT2D eigenvalue weighted by Gasteiger charge is -2.07. The van der Waals surface area contributed by atoms with Crippen LogP contribution in [0.15, 0.2) is 18.3 Å². The predicted molar refractivity (Wildman–Crippen MR) is 48.0 cm³/mol. The van der Waals surface area contributed by atoms with E-state index in [0.717, 1.165) is 12.3 Å². The molecule has 0 bridgehead atoms.